The normalized spacial score (nSPS) is 17.7. The Balaban J connectivity index is 1.94. The molecule has 158 valence electrons. The summed E-state index contributed by atoms with van der Waals surface area (Å²) in [5, 5.41) is 20.1. The number of aliphatic hydroxyl groups excluding tert-OH is 2. The Morgan fingerprint density at radius 1 is 1.10 bits per heavy atom. The second kappa shape index (κ2) is 7.06. The van der Waals surface area contributed by atoms with E-state index >= 15 is 0 Å². The topological polar surface area (TPSA) is 60.4 Å². The van der Waals surface area contributed by atoms with Crippen LogP contribution in [0.2, 0.25) is 0 Å². The zero-order valence-electron chi connectivity index (χ0n) is 15.1. The van der Waals surface area contributed by atoms with Gasteiger partial charge in [-0.05, 0) is 18.3 Å². The zero-order chi connectivity index (χ0) is 21.8. The van der Waals surface area contributed by atoms with Crippen LogP contribution >= 0.6 is 0 Å². The van der Waals surface area contributed by atoms with Crippen molar-refractivity contribution in [2.45, 2.75) is 6.10 Å². The molecule has 3 heterocycles. The molecule has 5 nitrogen and oxygen atoms in total. The van der Waals surface area contributed by atoms with Crippen LogP contribution in [-0.2, 0) is 0 Å². The summed E-state index contributed by atoms with van der Waals surface area (Å²) in [6.07, 6.45) is 2.98. The number of halogens is 6. The van der Waals surface area contributed by atoms with Gasteiger partial charge in [-0.2, -0.15) is 0 Å². The van der Waals surface area contributed by atoms with Crippen LogP contribution in [0.3, 0.4) is 0 Å². The van der Waals surface area contributed by atoms with E-state index in [2.05, 4.69) is 0 Å². The summed E-state index contributed by atoms with van der Waals surface area (Å²) in [4.78, 5) is 0. The summed E-state index contributed by atoms with van der Waals surface area (Å²) in [7, 11) is 0. The fraction of sp³-hybridized carbons (Fsp3) is 0.167. The number of aromatic nitrogens is 1. The molecule has 1 aromatic carbocycles. The highest BCUT2D eigenvalue weighted by molar-refractivity contribution is 6.57. The van der Waals surface area contributed by atoms with Gasteiger partial charge in [0.2, 0.25) is 0 Å². The van der Waals surface area contributed by atoms with Gasteiger partial charge in [-0.15, -0.1) is 0 Å². The van der Waals surface area contributed by atoms with E-state index in [4.69, 9.17) is 5.11 Å². The lowest BCUT2D eigenvalue weighted by Crippen LogP contribution is -2.49. The highest BCUT2D eigenvalue weighted by atomic mass is 19.2. The van der Waals surface area contributed by atoms with Crippen molar-refractivity contribution >= 4 is 24.4 Å². The van der Waals surface area contributed by atoms with E-state index in [0.29, 0.717) is 8.96 Å². The van der Waals surface area contributed by atoms with Crippen molar-refractivity contribution < 1.29 is 40.9 Å². The standard InChI is InChI=1S/C18H14BF6N3O2/c20-14-13(15(21)17(23)18(16(14)22)26-7-9(30)8-29)12-10-3-1-5-27(10)19(24,25)28-6-2-4-11(12)28/h1-6,9,26,29-30H,7-8H2/t9-/m1/s1. The molecule has 0 amide bonds. The van der Waals surface area contributed by atoms with Crippen LogP contribution < -0.4 is 5.32 Å². The van der Waals surface area contributed by atoms with Crippen LogP contribution in [0.1, 0.15) is 11.3 Å². The van der Waals surface area contributed by atoms with Gasteiger partial charge in [0, 0.05) is 24.4 Å². The lowest BCUT2D eigenvalue weighted by Gasteiger charge is -2.31. The minimum Gasteiger partial charge on any atom is -0.396 e. The third kappa shape index (κ3) is 2.78. The van der Waals surface area contributed by atoms with Crippen LogP contribution in [0, 0.1) is 23.3 Å². The molecule has 0 aliphatic carbocycles. The number of hydrogen-bond donors (Lipinski definition) is 3. The van der Waals surface area contributed by atoms with Crippen molar-refractivity contribution in [1.29, 1.82) is 0 Å². The Morgan fingerprint density at radius 2 is 1.77 bits per heavy atom. The number of nitrogens with one attached hydrogen (secondary N) is 1. The lowest BCUT2D eigenvalue weighted by molar-refractivity contribution is -0.356. The molecule has 0 fully saturated rings. The van der Waals surface area contributed by atoms with E-state index in [1.807, 2.05) is 5.32 Å². The minimum absolute atomic E-state index is 0.306. The van der Waals surface area contributed by atoms with Crippen molar-refractivity contribution in [1.82, 2.24) is 4.48 Å². The molecule has 4 rings (SSSR count). The molecule has 2 aliphatic heterocycles. The lowest BCUT2D eigenvalue weighted by atomic mass is 9.86. The molecule has 0 radical (unpaired) electrons. The van der Waals surface area contributed by atoms with E-state index < -0.39 is 66.3 Å². The van der Waals surface area contributed by atoms with Crippen LogP contribution in [0.5, 0.6) is 0 Å². The summed E-state index contributed by atoms with van der Waals surface area (Å²) in [6.45, 7) is -5.69. The second-order valence-corrected chi connectivity index (χ2v) is 6.79. The molecule has 2 aromatic rings. The van der Waals surface area contributed by atoms with Crippen molar-refractivity contribution in [3.8, 4) is 0 Å². The average Bonchev–Trinajstić information content (AvgIpc) is 3.39. The third-order valence-corrected chi connectivity index (χ3v) is 4.98. The molecule has 2 aliphatic rings. The van der Waals surface area contributed by atoms with Gasteiger partial charge >= 0.3 is 6.97 Å². The molecule has 0 saturated carbocycles. The molecule has 0 saturated heterocycles. The van der Waals surface area contributed by atoms with E-state index in [-0.39, 0.29) is 11.4 Å². The van der Waals surface area contributed by atoms with E-state index in [1.54, 1.807) is 0 Å². The van der Waals surface area contributed by atoms with E-state index in [0.717, 1.165) is 12.4 Å². The van der Waals surface area contributed by atoms with Gasteiger partial charge in [0.15, 0.2) is 29.0 Å². The summed E-state index contributed by atoms with van der Waals surface area (Å²) in [5.74, 6) is -7.16. The summed E-state index contributed by atoms with van der Waals surface area (Å²) >= 11 is 0. The largest absolute Gasteiger partial charge is 0.737 e. The second-order valence-electron chi connectivity index (χ2n) is 6.79. The van der Waals surface area contributed by atoms with Crippen LogP contribution in [0.25, 0.3) is 5.57 Å². The van der Waals surface area contributed by atoms with Gasteiger partial charge in [-0.3, -0.25) is 0 Å². The molecule has 1 aromatic heterocycles. The monoisotopic (exact) mass is 429 g/mol. The first-order chi connectivity index (χ1) is 14.2. The van der Waals surface area contributed by atoms with Crippen LogP contribution in [-0.4, -0.2) is 51.6 Å². The van der Waals surface area contributed by atoms with Crippen molar-refractivity contribution in [2.75, 3.05) is 18.5 Å². The minimum atomic E-state index is -4.36. The quantitative estimate of drug-likeness (QED) is 0.389. The molecule has 0 unspecified atom stereocenters. The summed E-state index contributed by atoms with van der Waals surface area (Å²) in [5.41, 5.74) is -3.37. The maximum atomic E-state index is 14.9. The first-order valence-corrected chi connectivity index (χ1v) is 8.83. The summed E-state index contributed by atoms with van der Waals surface area (Å²) in [6, 6.07) is 2.39. The van der Waals surface area contributed by atoms with Gasteiger partial charge in [-0.1, -0.05) is 0 Å². The Kier molecular flexibility index (Phi) is 4.78. The van der Waals surface area contributed by atoms with Gasteiger partial charge < -0.3 is 33.1 Å². The zero-order valence-corrected chi connectivity index (χ0v) is 15.1. The van der Waals surface area contributed by atoms with Crippen molar-refractivity contribution in [3.05, 3.63) is 70.7 Å². The molecule has 0 spiro atoms. The Bertz CT molecular complexity index is 1110. The average molecular weight is 429 g/mol. The van der Waals surface area contributed by atoms with Gasteiger partial charge in [0.1, 0.15) is 11.9 Å². The maximum absolute atomic E-state index is 14.9. The van der Waals surface area contributed by atoms with Gasteiger partial charge in [-0.25, -0.2) is 17.6 Å². The fourth-order valence-electron chi connectivity index (χ4n) is 3.57. The molecular weight excluding hydrogens is 415 g/mol. The maximum Gasteiger partial charge on any atom is 0.737 e. The third-order valence-electron chi connectivity index (χ3n) is 4.98. The number of aliphatic hydroxyl groups is 2. The Labute approximate surface area is 165 Å². The number of fused-ring (bicyclic) bond motifs is 2. The highest BCUT2D eigenvalue weighted by Gasteiger charge is 2.52. The number of benzene rings is 1. The number of rotatable bonds is 5. The molecule has 12 heteroatoms. The fourth-order valence-corrected chi connectivity index (χ4v) is 3.57. The molecule has 1 atom stereocenters. The van der Waals surface area contributed by atoms with Crippen LogP contribution in [0.15, 0.2) is 36.2 Å². The molecule has 3 N–H and O–H groups in total. The van der Waals surface area contributed by atoms with Gasteiger partial charge in [0.25, 0.3) is 0 Å². The number of nitrogens with zero attached hydrogens (tertiary/aromatic N) is 2. The first kappa shape index (κ1) is 20.3. The van der Waals surface area contributed by atoms with Crippen molar-refractivity contribution in [3.63, 3.8) is 0 Å². The highest BCUT2D eigenvalue weighted by Crippen LogP contribution is 2.42. The Morgan fingerprint density at radius 3 is 2.40 bits per heavy atom. The van der Waals surface area contributed by atoms with Crippen molar-refractivity contribution in [2.24, 2.45) is 0 Å². The predicted octanol–water partition coefficient (Wildman–Crippen LogP) is 2.46. The molecule has 0 bridgehead atoms. The first-order valence-electron chi connectivity index (χ1n) is 8.83. The SMILES string of the molecule is OC[C@H](O)CNc1c(F)c(F)c(C2=C3C=CC=[N+]3[B-](F)(F)n3cccc32)c(F)c1F. The molecule has 30 heavy (non-hydrogen) atoms. The Hall–Kier alpha value is -2.99. The van der Waals surface area contributed by atoms with E-state index in [1.165, 1.54) is 24.3 Å². The number of allylic oxidation sites excluding steroid dienone is 2. The predicted molar refractivity (Wildman–Crippen MR) is 97.1 cm³/mol. The number of anilines is 1. The summed E-state index contributed by atoms with van der Waals surface area (Å²) < 4.78 is 89.6. The van der Waals surface area contributed by atoms with E-state index in [9.17, 15) is 31.3 Å². The van der Waals surface area contributed by atoms with Crippen LogP contribution in [0.4, 0.5) is 31.9 Å². The smallest absolute Gasteiger partial charge is 0.396 e. The number of hydrogen-bond acceptors (Lipinski definition) is 3. The molecular formula is C18H14BF6N3O2. The van der Waals surface area contributed by atoms with Gasteiger partial charge in [0.05, 0.1) is 23.8 Å².